The molecule has 0 radical (unpaired) electrons. The monoisotopic (exact) mass is 224 g/mol. The lowest BCUT2D eigenvalue weighted by Gasteiger charge is -2.01. The van der Waals surface area contributed by atoms with Crippen LogP contribution in [0.5, 0.6) is 0 Å². The van der Waals surface area contributed by atoms with Crippen molar-refractivity contribution in [3.8, 4) is 5.69 Å². The van der Waals surface area contributed by atoms with Gasteiger partial charge in [-0.3, -0.25) is 0 Å². The minimum absolute atomic E-state index is 0.157. The van der Waals surface area contributed by atoms with Gasteiger partial charge in [0.15, 0.2) is 0 Å². The number of nitrogen functional groups attached to an aromatic ring is 1. The highest BCUT2D eigenvalue weighted by molar-refractivity contribution is 6.30. The molecule has 5 nitrogen and oxygen atoms in total. The Hall–Kier alpha value is -1.75. The molecule has 15 heavy (non-hydrogen) atoms. The van der Waals surface area contributed by atoms with Gasteiger partial charge in [-0.2, -0.15) is 0 Å². The maximum absolute atomic E-state index is 11.6. The first-order valence-electron chi connectivity index (χ1n) is 4.27. The second kappa shape index (κ2) is 3.43. The SMILES string of the molecule is Cn1nc(N)n(-c2ccc(Cl)cc2)c1=O. The predicted molar refractivity (Wildman–Crippen MR) is 58.2 cm³/mol. The lowest BCUT2D eigenvalue weighted by molar-refractivity contribution is 0.727. The molecule has 0 unspecified atom stereocenters. The van der Waals surface area contributed by atoms with Gasteiger partial charge in [0, 0.05) is 12.1 Å². The standard InChI is InChI=1S/C9H9ClN4O/c1-13-9(15)14(8(11)12-13)7-4-2-6(10)3-5-7/h2-5H,1H3,(H2,11,12). The van der Waals surface area contributed by atoms with Gasteiger partial charge in [0.2, 0.25) is 5.95 Å². The summed E-state index contributed by atoms with van der Waals surface area (Å²) in [6.45, 7) is 0. The third-order valence-electron chi connectivity index (χ3n) is 2.03. The summed E-state index contributed by atoms with van der Waals surface area (Å²) < 4.78 is 2.50. The molecule has 0 amide bonds. The van der Waals surface area contributed by atoms with Crippen LogP contribution in [-0.2, 0) is 7.05 Å². The predicted octanol–water partition coefficient (Wildman–Crippen LogP) is 0.807. The number of anilines is 1. The van der Waals surface area contributed by atoms with Crippen LogP contribution in [0, 0.1) is 0 Å². The number of nitrogens with two attached hydrogens (primary N) is 1. The Labute approximate surface area is 90.7 Å². The van der Waals surface area contributed by atoms with E-state index in [9.17, 15) is 4.79 Å². The molecule has 1 aromatic heterocycles. The zero-order chi connectivity index (χ0) is 11.0. The average Bonchev–Trinajstić information content (AvgIpc) is 2.44. The molecule has 2 rings (SSSR count). The van der Waals surface area contributed by atoms with E-state index in [-0.39, 0.29) is 11.6 Å². The molecule has 2 aromatic rings. The summed E-state index contributed by atoms with van der Waals surface area (Å²) in [6.07, 6.45) is 0. The highest BCUT2D eigenvalue weighted by Gasteiger charge is 2.09. The number of nitrogens with zero attached hydrogens (tertiary/aromatic N) is 3. The van der Waals surface area contributed by atoms with Crippen LogP contribution < -0.4 is 11.4 Å². The largest absolute Gasteiger partial charge is 0.368 e. The quantitative estimate of drug-likeness (QED) is 0.780. The topological polar surface area (TPSA) is 65.8 Å². The van der Waals surface area contributed by atoms with Gasteiger partial charge in [-0.15, -0.1) is 5.10 Å². The molecular weight excluding hydrogens is 216 g/mol. The van der Waals surface area contributed by atoms with Crippen LogP contribution >= 0.6 is 11.6 Å². The van der Waals surface area contributed by atoms with E-state index in [1.807, 2.05) is 0 Å². The molecule has 0 spiro atoms. The Morgan fingerprint density at radius 2 is 1.93 bits per heavy atom. The minimum atomic E-state index is -0.283. The van der Waals surface area contributed by atoms with E-state index in [4.69, 9.17) is 17.3 Å². The van der Waals surface area contributed by atoms with Crippen LogP contribution in [0.25, 0.3) is 5.69 Å². The minimum Gasteiger partial charge on any atom is -0.368 e. The molecule has 0 fully saturated rings. The van der Waals surface area contributed by atoms with Crippen molar-refractivity contribution in [2.24, 2.45) is 7.05 Å². The van der Waals surface area contributed by atoms with Crippen LogP contribution in [0.1, 0.15) is 0 Å². The third-order valence-corrected chi connectivity index (χ3v) is 2.29. The van der Waals surface area contributed by atoms with Gasteiger partial charge < -0.3 is 5.73 Å². The van der Waals surface area contributed by atoms with Crippen molar-refractivity contribution in [2.45, 2.75) is 0 Å². The van der Waals surface area contributed by atoms with Crippen molar-refractivity contribution >= 4 is 17.5 Å². The second-order valence-electron chi connectivity index (χ2n) is 3.08. The molecule has 0 bridgehead atoms. The Morgan fingerprint density at radius 1 is 1.33 bits per heavy atom. The van der Waals surface area contributed by atoms with Crippen molar-refractivity contribution < 1.29 is 0 Å². The smallest absolute Gasteiger partial charge is 0.351 e. The molecule has 1 aromatic carbocycles. The molecule has 0 aliphatic carbocycles. The van der Waals surface area contributed by atoms with Crippen molar-refractivity contribution in [3.05, 3.63) is 39.8 Å². The van der Waals surface area contributed by atoms with E-state index >= 15 is 0 Å². The van der Waals surface area contributed by atoms with Crippen LogP contribution in [0.2, 0.25) is 5.02 Å². The van der Waals surface area contributed by atoms with Gasteiger partial charge in [0.25, 0.3) is 0 Å². The lowest BCUT2D eigenvalue weighted by Crippen LogP contribution is -2.21. The van der Waals surface area contributed by atoms with Gasteiger partial charge in [0.1, 0.15) is 0 Å². The maximum atomic E-state index is 11.6. The molecule has 6 heteroatoms. The zero-order valence-electron chi connectivity index (χ0n) is 8.01. The van der Waals surface area contributed by atoms with Crippen LogP contribution in [0.4, 0.5) is 5.95 Å². The summed E-state index contributed by atoms with van der Waals surface area (Å²) in [5.41, 5.74) is 5.98. The molecule has 0 saturated heterocycles. The van der Waals surface area contributed by atoms with Gasteiger partial charge in [-0.25, -0.2) is 14.0 Å². The molecular formula is C9H9ClN4O. The number of hydrogen-bond acceptors (Lipinski definition) is 3. The number of rotatable bonds is 1. The summed E-state index contributed by atoms with van der Waals surface area (Å²) in [7, 11) is 1.55. The highest BCUT2D eigenvalue weighted by Crippen LogP contribution is 2.13. The molecule has 1 heterocycles. The van der Waals surface area contributed by atoms with Crippen molar-refractivity contribution in [3.63, 3.8) is 0 Å². The Morgan fingerprint density at radius 3 is 2.40 bits per heavy atom. The molecule has 0 atom stereocenters. The summed E-state index contributed by atoms with van der Waals surface area (Å²) in [5, 5.41) is 4.43. The first kappa shape index (κ1) is 9.79. The molecule has 0 aliphatic heterocycles. The molecule has 0 aliphatic rings. The summed E-state index contributed by atoms with van der Waals surface area (Å²) in [5.74, 6) is 0.157. The zero-order valence-corrected chi connectivity index (χ0v) is 8.77. The normalized spacial score (nSPS) is 10.5. The lowest BCUT2D eigenvalue weighted by atomic mass is 10.3. The van der Waals surface area contributed by atoms with Crippen LogP contribution in [0.3, 0.4) is 0 Å². The van der Waals surface area contributed by atoms with Crippen molar-refractivity contribution in [1.29, 1.82) is 0 Å². The maximum Gasteiger partial charge on any atom is 0.351 e. The van der Waals surface area contributed by atoms with Crippen LogP contribution in [0.15, 0.2) is 29.1 Å². The number of hydrogen-bond donors (Lipinski definition) is 1. The fourth-order valence-corrected chi connectivity index (χ4v) is 1.44. The number of halogens is 1. The number of aryl methyl sites for hydroxylation is 1. The Kier molecular flexibility index (Phi) is 2.24. The Bertz CT molecular complexity index is 540. The first-order chi connectivity index (χ1) is 7.09. The average molecular weight is 225 g/mol. The van der Waals surface area contributed by atoms with Gasteiger partial charge in [0.05, 0.1) is 5.69 Å². The number of benzene rings is 1. The van der Waals surface area contributed by atoms with Crippen molar-refractivity contribution in [1.82, 2.24) is 14.3 Å². The van der Waals surface area contributed by atoms with E-state index in [2.05, 4.69) is 5.10 Å². The first-order valence-corrected chi connectivity index (χ1v) is 4.65. The summed E-state index contributed by atoms with van der Waals surface area (Å²) >= 11 is 5.74. The molecule has 0 saturated carbocycles. The van der Waals surface area contributed by atoms with E-state index in [0.717, 1.165) is 0 Å². The Balaban J connectivity index is 2.64. The second-order valence-corrected chi connectivity index (χ2v) is 3.51. The summed E-state index contributed by atoms with van der Waals surface area (Å²) in [4.78, 5) is 11.6. The van der Waals surface area contributed by atoms with Crippen molar-refractivity contribution in [2.75, 3.05) is 5.73 Å². The fourth-order valence-electron chi connectivity index (χ4n) is 1.32. The van der Waals surface area contributed by atoms with E-state index < -0.39 is 0 Å². The van der Waals surface area contributed by atoms with Crippen LogP contribution in [-0.4, -0.2) is 14.3 Å². The highest BCUT2D eigenvalue weighted by atomic mass is 35.5. The van der Waals surface area contributed by atoms with E-state index in [1.54, 1.807) is 31.3 Å². The summed E-state index contributed by atoms with van der Waals surface area (Å²) in [6, 6.07) is 6.80. The third kappa shape index (κ3) is 1.61. The molecule has 2 N–H and O–H groups in total. The van der Waals surface area contributed by atoms with E-state index in [0.29, 0.717) is 10.7 Å². The van der Waals surface area contributed by atoms with Gasteiger partial charge in [-0.05, 0) is 24.3 Å². The van der Waals surface area contributed by atoms with E-state index in [1.165, 1.54) is 9.25 Å². The molecule has 78 valence electrons. The number of aromatic nitrogens is 3. The fraction of sp³-hybridized carbons (Fsp3) is 0.111. The van der Waals surface area contributed by atoms with Gasteiger partial charge in [-0.1, -0.05) is 11.6 Å². The van der Waals surface area contributed by atoms with Gasteiger partial charge >= 0.3 is 5.69 Å².